The number of amides is 2. The van der Waals surface area contributed by atoms with Crippen molar-refractivity contribution in [3.8, 4) is 0 Å². The third-order valence-electron chi connectivity index (χ3n) is 2.50. The van der Waals surface area contributed by atoms with Gasteiger partial charge < -0.3 is 10.6 Å². The fourth-order valence-corrected chi connectivity index (χ4v) is 2.12. The van der Waals surface area contributed by atoms with Gasteiger partial charge in [-0.1, -0.05) is 41.9 Å². The molecule has 0 aromatic heterocycles. The average Bonchev–Trinajstić information content (AvgIpc) is 2.43. The number of halogens is 2. The topological polar surface area (TPSA) is 41.1 Å². The maximum atomic E-state index is 11.7. The molecule has 2 aromatic carbocycles. The number of urea groups is 1. The number of rotatable bonds is 3. The van der Waals surface area contributed by atoms with Crippen LogP contribution in [0.4, 0.5) is 10.5 Å². The highest BCUT2D eigenvalue weighted by Crippen LogP contribution is 2.21. The Morgan fingerprint density at radius 3 is 2.55 bits per heavy atom. The van der Waals surface area contributed by atoms with E-state index in [2.05, 4.69) is 26.6 Å². The predicted molar refractivity (Wildman–Crippen MR) is 86.8 cm³/mol. The van der Waals surface area contributed by atoms with Crippen LogP contribution in [0.3, 0.4) is 0 Å². The Morgan fingerprint density at radius 2 is 1.80 bits per heavy atom. The lowest BCUT2D eigenvalue weighted by Gasteiger charge is -2.06. The zero-order valence-electron chi connectivity index (χ0n) is 10.4. The van der Waals surface area contributed by atoms with Crippen molar-refractivity contribution in [3.63, 3.8) is 0 Å². The summed E-state index contributed by atoms with van der Waals surface area (Å²) in [6.45, 7) is 0. The monoisotopic (exact) mass is 350 g/mol. The van der Waals surface area contributed by atoms with Crippen molar-refractivity contribution in [2.45, 2.75) is 0 Å². The smallest absolute Gasteiger partial charge is 0.314 e. The van der Waals surface area contributed by atoms with Crippen LogP contribution >= 0.6 is 27.5 Å². The van der Waals surface area contributed by atoms with Crippen LogP contribution < -0.4 is 10.6 Å². The number of para-hydroxylation sites is 1. The number of hydrogen-bond acceptors (Lipinski definition) is 1. The number of carbonyl (C=O) groups excluding carboxylic acids is 1. The van der Waals surface area contributed by atoms with Crippen LogP contribution in [0.1, 0.15) is 5.56 Å². The van der Waals surface area contributed by atoms with Gasteiger partial charge in [-0.2, -0.15) is 0 Å². The quantitative estimate of drug-likeness (QED) is 0.811. The summed E-state index contributed by atoms with van der Waals surface area (Å²) in [6.07, 6.45) is 3.29. The molecule has 5 heteroatoms. The molecule has 0 heterocycles. The zero-order valence-corrected chi connectivity index (χ0v) is 12.8. The lowest BCUT2D eigenvalue weighted by Crippen LogP contribution is -2.23. The molecule has 102 valence electrons. The summed E-state index contributed by atoms with van der Waals surface area (Å²) in [7, 11) is 0. The maximum absolute atomic E-state index is 11.7. The number of anilines is 1. The van der Waals surface area contributed by atoms with Crippen molar-refractivity contribution in [1.29, 1.82) is 0 Å². The summed E-state index contributed by atoms with van der Waals surface area (Å²) >= 11 is 9.37. The highest BCUT2D eigenvalue weighted by atomic mass is 79.9. The largest absolute Gasteiger partial charge is 0.323 e. The van der Waals surface area contributed by atoms with Gasteiger partial charge in [-0.3, -0.25) is 0 Å². The summed E-state index contributed by atoms with van der Waals surface area (Å²) in [5.74, 6) is 0. The minimum atomic E-state index is -0.319. The molecule has 0 fully saturated rings. The molecule has 0 aliphatic rings. The van der Waals surface area contributed by atoms with Gasteiger partial charge in [-0.25, -0.2) is 4.79 Å². The standard InChI is InChI=1S/C15H12BrClN2O/c16-12-6-2-4-8-14(12)19-15(20)18-10-9-11-5-1-3-7-13(11)17/h1-10H,(H2,18,19,20)/b10-9+. The average molecular weight is 352 g/mol. The Labute approximate surface area is 130 Å². The Bertz CT molecular complexity index is 643. The van der Waals surface area contributed by atoms with Crippen molar-refractivity contribution in [3.05, 3.63) is 69.8 Å². The molecule has 0 unspecified atom stereocenters. The van der Waals surface area contributed by atoms with Crippen LogP contribution in [0.25, 0.3) is 6.08 Å². The third-order valence-corrected chi connectivity index (χ3v) is 3.54. The van der Waals surface area contributed by atoms with Gasteiger partial charge in [0, 0.05) is 15.7 Å². The number of hydrogen-bond donors (Lipinski definition) is 2. The van der Waals surface area contributed by atoms with Gasteiger partial charge in [0.2, 0.25) is 0 Å². The molecule has 2 aromatic rings. The number of carbonyl (C=O) groups is 1. The predicted octanol–water partition coefficient (Wildman–Crippen LogP) is 4.89. The molecule has 0 saturated carbocycles. The maximum Gasteiger partial charge on any atom is 0.323 e. The van der Waals surface area contributed by atoms with Crippen LogP contribution in [0.5, 0.6) is 0 Å². The van der Waals surface area contributed by atoms with Gasteiger partial charge in [-0.05, 0) is 45.8 Å². The van der Waals surface area contributed by atoms with E-state index >= 15 is 0 Å². The molecule has 20 heavy (non-hydrogen) atoms. The Hall–Kier alpha value is -1.78. The molecule has 0 bridgehead atoms. The van der Waals surface area contributed by atoms with E-state index in [-0.39, 0.29) is 6.03 Å². The van der Waals surface area contributed by atoms with E-state index in [0.29, 0.717) is 10.7 Å². The first kappa shape index (κ1) is 14.6. The minimum absolute atomic E-state index is 0.319. The van der Waals surface area contributed by atoms with Crippen LogP contribution in [0.15, 0.2) is 59.2 Å². The lowest BCUT2D eigenvalue weighted by molar-refractivity contribution is 0.255. The van der Waals surface area contributed by atoms with E-state index in [4.69, 9.17) is 11.6 Å². The van der Waals surface area contributed by atoms with Crippen molar-refractivity contribution in [2.24, 2.45) is 0 Å². The van der Waals surface area contributed by atoms with Crippen LogP contribution in [0.2, 0.25) is 5.02 Å². The minimum Gasteiger partial charge on any atom is -0.314 e. The SMILES string of the molecule is O=C(N/C=C/c1ccccc1Cl)Nc1ccccc1Br. The van der Waals surface area contributed by atoms with Crippen molar-refractivity contribution in [2.75, 3.05) is 5.32 Å². The van der Waals surface area contributed by atoms with Crippen molar-refractivity contribution in [1.82, 2.24) is 5.32 Å². The van der Waals surface area contributed by atoms with E-state index in [1.165, 1.54) is 0 Å². The molecular formula is C15H12BrClN2O. The molecule has 0 radical (unpaired) electrons. The highest BCUT2D eigenvalue weighted by molar-refractivity contribution is 9.10. The molecule has 0 aliphatic heterocycles. The van der Waals surface area contributed by atoms with E-state index in [1.54, 1.807) is 24.4 Å². The molecule has 2 N–H and O–H groups in total. The first-order valence-electron chi connectivity index (χ1n) is 5.90. The van der Waals surface area contributed by atoms with Crippen molar-refractivity contribution >= 4 is 45.3 Å². The first-order valence-corrected chi connectivity index (χ1v) is 7.07. The Balaban J connectivity index is 1.93. The normalized spacial score (nSPS) is 10.5. The third kappa shape index (κ3) is 4.11. The molecule has 0 aliphatic carbocycles. The van der Waals surface area contributed by atoms with Gasteiger partial charge in [0.15, 0.2) is 0 Å². The number of benzene rings is 2. The fraction of sp³-hybridized carbons (Fsp3) is 0. The molecule has 0 spiro atoms. The van der Waals surface area contributed by atoms with Gasteiger partial charge in [0.05, 0.1) is 5.69 Å². The summed E-state index contributed by atoms with van der Waals surface area (Å²) in [4.78, 5) is 11.7. The summed E-state index contributed by atoms with van der Waals surface area (Å²) in [5.41, 5.74) is 1.55. The summed E-state index contributed by atoms with van der Waals surface area (Å²) in [5, 5.41) is 5.99. The van der Waals surface area contributed by atoms with Crippen LogP contribution in [-0.2, 0) is 0 Å². The van der Waals surface area contributed by atoms with Crippen LogP contribution in [-0.4, -0.2) is 6.03 Å². The van der Waals surface area contributed by atoms with E-state index in [1.807, 2.05) is 36.4 Å². The lowest BCUT2D eigenvalue weighted by atomic mass is 10.2. The Morgan fingerprint density at radius 1 is 1.10 bits per heavy atom. The molecule has 2 amide bonds. The van der Waals surface area contributed by atoms with Gasteiger partial charge in [0.25, 0.3) is 0 Å². The van der Waals surface area contributed by atoms with Crippen LogP contribution in [0, 0.1) is 0 Å². The van der Waals surface area contributed by atoms with E-state index in [0.717, 1.165) is 10.0 Å². The second-order valence-electron chi connectivity index (χ2n) is 3.93. The van der Waals surface area contributed by atoms with E-state index < -0.39 is 0 Å². The fourth-order valence-electron chi connectivity index (χ4n) is 1.54. The Kier molecular flexibility index (Phi) is 5.21. The molecular weight excluding hydrogens is 340 g/mol. The molecule has 0 atom stereocenters. The summed E-state index contributed by atoms with van der Waals surface area (Å²) < 4.78 is 0.824. The first-order chi connectivity index (χ1) is 9.66. The van der Waals surface area contributed by atoms with Gasteiger partial charge in [-0.15, -0.1) is 0 Å². The second-order valence-corrected chi connectivity index (χ2v) is 5.19. The molecule has 0 saturated heterocycles. The summed E-state index contributed by atoms with van der Waals surface area (Å²) in [6, 6.07) is 14.5. The zero-order chi connectivity index (χ0) is 14.4. The molecule has 2 rings (SSSR count). The number of nitrogens with one attached hydrogen (secondary N) is 2. The van der Waals surface area contributed by atoms with Gasteiger partial charge >= 0.3 is 6.03 Å². The van der Waals surface area contributed by atoms with Gasteiger partial charge in [0.1, 0.15) is 0 Å². The highest BCUT2D eigenvalue weighted by Gasteiger charge is 2.02. The molecule has 3 nitrogen and oxygen atoms in total. The second kappa shape index (κ2) is 7.12. The van der Waals surface area contributed by atoms with Crippen molar-refractivity contribution < 1.29 is 4.79 Å². The van der Waals surface area contributed by atoms with E-state index in [9.17, 15) is 4.79 Å².